The molecule has 21 heavy (non-hydrogen) atoms. The summed E-state index contributed by atoms with van der Waals surface area (Å²) in [5.41, 5.74) is 1.07. The first kappa shape index (κ1) is 16.4. The molecule has 1 unspecified atom stereocenters. The standard InChI is InChI=1S/C18H29FN2/c1-3-11-20-18(16-8-5-9-17(19)13-16)10-12-21(2)14-15-6-4-7-15/h5,8-9,13,15,18,20H,3-4,6-7,10-12,14H2,1-2H3. The number of rotatable bonds is 9. The van der Waals surface area contributed by atoms with Crippen LogP contribution in [-0.2, 0) is 0 Å². The monoisotopic (exact) mass is 292 g/mol. The molecule has 0 heterocycles. The van der Waals surface area contributed by atoms with Crippen molar-refractivity contribution in [1.82, 2.24) is 10.2 Å². The van der Waals surface area contributed by atoms with Crippen molar-refractivity contribution in [1.29, 1.82) is 0 Å². The Labute approximate surface area is 128 Å². The molecular weight excluding hydrogens is 263 g/mol. The van der Waals surface area contributed by atoms with Crippen LogP contribution in [0.5, 0.6) is 0 Å². The molecule has 0 amide bonds. The van der Waals surface area contributed by atoms with Gasteiger partial charge in [0.05, 0.1) is 0 Å². The minimum absolute atomic E-state index is 0.140. The molecule has 1 fully saturated rings. The summed E-state index contributed by atoms with van der Waals surface area (Å²) in [4.78, 5) is 2.43. The van der Waals surface area contributed by atoms with Crippen LogP contribution in [-0.4, -0.2) is 31.6 Å². The van der Waals surface area contributed by atoms with Gasteiger partial charge in [-0.3, -0.25) is 0 Å². The molecule has 0 bridgehead atoms. The quantitative estimate of drug-likeness (QED) is 0.740. The Morgan fingerprint density at radius 3 is 2.81 bits per heavy atom. The lowest BCUT2D eigenvalue weighted by Gasteiger charge is -2.31. The lowest BCUT2D eigenvalue weighted by atomic mass is 9.85. The van der Waals surface area contributed by atoms with Crippen molar-refractivity contribution in [2.24, 2.45) is 5.92 Å². The second-order valence-corrected chi connectivity index (χ2v) is 6.41. The van der Waals surface area contributed by atoms with Crippen molar-refractivity contribution < 1.29 is 4.39 Å². The molecule has 2 rings (SSSR count). The molecule has 0 spiro atoms. The van der Waals surface area contributed by atoms with Crippen molar-refractivity contribution in [2.45, 2.75) is 45.1 Å². The third kappa shape index (κ3) is 5.40. The zero-order chi connectivity index (χ0) is 15.1. The molecular formula is C18H29FN2. The first-order chi connectivity index (χ1) is 10.2. The Balaban J connectivity index is 1.86. The van der Waals surface area contributed by atoms with Crippen LogP contribution in [0.4, 0.5) is 4.39 Å². The number of hydrogen-bond acceptors (Lipinski definition) is 2. The minimum atomic E-state index is -0.140. The van der Waals surface area contributed by atoms with Gasteiger partial charge in [0, 0.05) is 12.6 Å². The van der Waals surface area contributed by atoms with Crippen LogP contribution in [0.25, 0.3) is 0 Å². The lowest BCUT2D eigenvalue weighted by molar-refractivity contribution is 0.199. The molecule has 1 aliphatic carbocycles. The number of nitrogens with one attached hydrogen (secondary N) is 1. The fraction of sp³-hybridized carbons (Fsp3) is 0.667. The average Bonchev–Trinajstić information content (AvgIpc) is 2.43. The van der Waals surface area contributed by atoms with Crippen molar-refractivity contribution in [3.8, 4) is 0 Å². The highest BCUT2D eigenvalue weighted by molar-refractivity contribution is 5.20. The summed E-state index contributed by atoms with van der Waals surface area (Å²) >= 11 is 0. The Morgan fingerprint density at radius 2 is 2.19 bits per heavy atom. The van der Waals surface area contributed by atoms with Crippen molar-refractivity contribution in [3.63, 3.8) is 0 Å². The Bertz CT molecular complexity index is 417. The highest BCUT2D eigenvalue weighted by Gasteiger charge is 2.19. The topological polar surface area (TPSA) is 15.3 Å². The Kier molecular flexibility index (Phi) is 6.65. The highest BCUT2D eigenvalue weighted by Crippen LogP contribution is 2.27. The van der Waals surface area contributed by atoms with Gasteiger partial charge in [-0.05, 0) is 69.4 Å². The van der Waals surface area contributed by atoms with E-state index in [9.17, 15) is 4.39 Å². The van der Waals surface area contributed by atoms with Gasteiger partial charge in [0.1, 0.15) is 5.82 Å². The van der Waals surface area contributed by atoms with Gasteiger partial charge in [0.15, 0.2) is 0 Å². The molecule has 3 heteroatoms. The molecule has 2 nitrogen and oxygen atoms in total. The summed E-state index contributed by atoms with van der Waals surface area (Å²) in [7, 11) is 2.21. The summed E-state index contributed by atoms with van der Waals surface area (Å²) in [5, 5.41) is 3.56. The second kappa shape index (κ2) is 8.50. The van der Waals surface area contributed by atoms with Crippen molar-refractivity contribution in [2.75, 3.05) is 26.7 Å². The van der Waals surface area contributed by atoms with Crippen LogP contribution < -0.4 is 5.32 Å². The van der Waals surface area contributed by atoms with E-state index in [4.69, 9.17) is 0 Å². The first-order valence-corrected chi connectivity index (χ1v) is 8.36. The van der Waals surface area contributed by atoms with Crippen molar-refractivity contribution >= 4 is 0 Å². The van der Waals surface area contributed by atoms with Gasteiger partial charge < -0.3 is 10.2 Å². The predicted molar refractivity (Wildman–Crippen MR) is 86.9 cm³/mol. The summed E-state index contributed by atoms with van der Waals surface area (Å²) < 4.78 is 13.4. The average molecular weight is 292 g/mol. The molecule has 0 aliphatic heterocycles. The number of hydrogen-bond donors (Lipinski definition) is 1. The maximum atomic E-state index is 13.4. The second-order valence-electron chi connectivity index (χ2n) is 6.41. The van der Waals surface area contributed by atoms with Gasteiger partial charge in [0.2, 0.25) is 0 Å². The van der Waals surface area contributed by atoms with Gasteiger partial charge in [-0.15, -0.1) is 0 Å². The summed E-state index contributed by atoms with van der Waals surface area (Å²) in [6.45, 7) is 5.42. The molecule has 1 saturated carbocycles. The molecule has 1 atom stereocenters. The van der Waals surface area contributed by atoms with E-state index >= 15 is 0 Å². The third-order valence-corrected chi connectivity index (χ3v) is 4.49. The lowest BCUT2D eigenvalue weighted by Crippen LogP contribution is -2.32. The van der Waals surface area contributed by atoms with Crippen LogP contribution in [0.3, 0.4) is 0 Å². The van der Waals surface area contributed by atoms with E-state index in [-0.39, 0.29) is 11.9 Å². The van der Waals surface area contributed by atoms with E-state index in [1.165, 1.54) is 31.9 Å². The molecule has 1 aromatic rings. The predicted octanol–water partition coefficient (Wildman–Crippen LogP) is 3.99. The third-order valence-electron chi connectivity index (χ3n) is 4.49. The molecule has 1 aliphatic rings. The molecule has 118 valence electrons. The zero-order valence-corrected chi connectivity index (χ0v) is 13.4. The van der Waals surface area contributed by atoms with Crippen LogP contribution in [0.15, 0.2) is 24.3 Å². The van der Waals surface area contributed by atoms with E-state index in [0.29, 0.717) is 0 Å². The molecule has 1 aromatic carbocycles. The van der Waals surface area contributed by atoms with E-state index in [0.717, 1.165) is 37.4 Å². The van der Waals surface area contributed by atoms with E-state index in [1.54, 1.807) is 6.07 Å². The maximum absolute atomic E-state index is 13.4. The van der Waals surface area contributed by atoms with Crippen LogP contribution in [0.1, 0.15) is 50.6 Å². The summed E-state index contributed by atoms with van der Waals surface area (Å²) in [6.07, 6.45) is 6.33. The van der Waals surface area contributed by atoms with Gasteiger partial charge in [-0.1, -0.05) is 25.5 Å². The van der Waals surface area contributed by atoms with Gasteiger partial charge in [-0.2, -0.15) is 0 Å². The van der Waals surface area contributed by atoms with E-state index in [1.807, 2.05) is 12.1 Å². The smallest absolute Gasteiger partial charge is 0.123 e. The summed E-state index contributed by atoms with van der Waals surface area (Å²) in [6, 6.07) is 7.28. The fourth-order valence-corrected chi connectivity index (χ4v) is 2.99. The van der Waals surface area contributed by atoms with Gasteiger partial charge >= 0.3 is 0 Å². The Hall–Kier alpha value is -0.930. The van der Waals surface area contributed by atoms with E-state index in [2.05, 4.69) is 24.2 Å². The molecule has 0 saturated heterocycles. The largest absolute Gasteiger partial charge is 0.310 e. The maximum Gasteiger partial charge on any atom is 0.123 e. The molecule has 0 aromatic heterocycles. The van der Waals surface area contributed by atoms with Crippen molar-refractivity contribution in [3.05, 3.63) is 35.6 Å². The van der Waals surface area contributed by atoms with Gasteiger partial charge in [-0.25, -0.2) is 4.39 Å². The van der Waals surface area contributed by atoms with Crippen LogP contribution in [0.2, 0.25) is 0 Å². The number of halogens is 1. The normalized spacial score (nSPS) is 17.0. The van der Waals surface area contributed by atoms with Gasteiger partial charge in [0.25, 0.3) is 0 Å². The Morgan fingerprint density at radius 1 is 1.38 bits per heavy atom. The highest BCUT2D eigenvalue weighted by atomic mass is 19.1. The number of benzene rings is 1. The summed E-state index contributed by atoms with van der Waals surface area (Å²) in [5.74, 6) is 0.768. The van der Waals surface area contributed by atoms with E-state index < -0.39 is 0 Å². The molecule has 1 N–H and O–H groups in total. The van der Waals surface area contributed by atoms with Crippen LogP contribution in [0, 0.1) is 11.7 Å². The fourth-order valence-electron chi connectivity index (χ4n) is 2.99. The van der Waals surface area contributed by atoms with Crippen LogP contribution >= 0.6 is 0 Å². The number of nitrogens with zero attached hydrogens (tertiary/aromatic N) is 1. The minimum Gasteiger partial charge on any atom is -0.310 e. The molecule has 0 radical (unpaired) electrons. The SMILES string of the molecule is CCCNC(CCN(C)CC1CCC1)c1cccc(F)c1. The zero-order valence-electron chi connectivity index (χ0n) is 13.4. The first-order valence-electron chi connectivity index (χ1n) is 8.36.